The van der Waals surface area contributed by atoms with E-state index in [9.17, 15) is 0 Å². The molecule has 0 fully saturated rings. The molecule has 0 heteroatoms. The van der Waals surface area contributed by atoms with Gasteiger partial charge in [-0.1, -0.05) is 49.3 Å². The first-order chi connectivity index (χ1) is 5.29. The molecule has 0 aromatic heterocycles. The number of hydrogen-bond donors (Lipinski definition) is 0. The van der Waals surface area contributed by atoms with Crippen molar-refractivity contribution in [2.24, 2.45) is 0 Å². The van der Waals surface area contributed by atoms with Crippen molar-refractivity contribution < 1.29 is 0 Å². The fourth-order valence-corrected chi connectivity index (χ4v) is 0.830. The van der Waals surface area contributed by atoms with E-state index in [2.05, 4.69) is 38.2 Å². The van der Waals surface area contributed by atoms with Crippen LogP contribution in [0.4, 0.5) is 0 Å². The summed E-state index contributed by atoms with van der Waals surface area (Å²) in [6.45, 7) is 8.26. The molecule has 0 spiro atoms. The summed E-state index contributed by atoms with van der Waals surface area (Å²) in [5.41, 5.74) is 2.73. The Morgan fingerprint density at radius 1 is 0.909 bits per heavy atom. The van der Waals surface area contributed by atoms with Crippen molar-refractivity contribution in [2.45, 2.75) is 34.1 Å². The molecular formula is C11H18. The predicted octanol–water partition coefficient (Wildman–Crippen LogP) is 3.87. The van der Waals surface area contributed by atoms with E-state index in [0.717, 1.165) is 6.42 Å². The molecule has 0 bridgehead atoms. The van der Waals surface area contributed by atoms with Crippen LogP contribution in [-0.2, 0) is 0 Å². The lowest BCUT2D eigenvalue weighted by Crippen LogP contribution is -1.62. The molecule has 0 aromatic rings. The second-order valence-corrected chi connectivity index (χ2v) is 2.47. The average Bonchev–Trinajstić information content (AvgIpc) is 2.20. The van der Waals surface area contributed by atoms with E-state index >= 15 is 0 Å². The quantitative estimate of drug-likeness (QED) is 0.492. The standard InChI is InChI=1S/C9H12.C2H6/c1-8-4-3-5-9(2)7-6-8;1-2/h4-7H,3H2,1-2H3;1-2H3. The molecule has 0 aliphatic heterocycles. The van der Waals surface area contributed by atoms with Gasteiger partial charge in [-0.2, -0.15) is 0 Å². The maximum absolute atomic E-state index is 2.23. The van der Waals surface area contributed by atoms with Gasteiger partial charge in [-0.15, -0.1) is 0 Å². The Kier molecular flexibility index (Phi) is 5.54. The number of hydrogen-bond acceptors (Lipinski definition) is 0. The molecule has 0 N–H and O–H groups in total. The van der Waals surface area contributed by atoms with Crippen LogP contribution in [0.15, 0.2) is 35.5 Å². The SMILES string of the molecule is CC.CC1=CCC=C(C)C=C1. The first-order valence-electron chi connectivity index (χ1n) is 4.30. The highest BCUT2D eigenvalue weighted by molar-refractivity contribution is 5.29. The second kappa shape index (κ2) is 5.96. The van der Waals surface area contributed by atoms with E-state index in [0.29, 0.717) is 0 Å². The Bertz CT molecular complexity index is 160. The maximum Gasteiger partial charge on any atom is -0.0158 e. The fraction of sp³-hybridized carbons (Fsp3) is 0.455. The minimum absolute atomic E-state index is 1.09. The zero-order chi connectivity index (χ0) is 8.69. The maximum atomic E-state index is 2.23. The summed E-state index contributed by atoms with van der Waals surface area (Å²) in [4.78, 5) is 0. The van der Waals surface area contributed by atoms with Crippen LogP contribution >= 0.6 is 0 Å². The van der Waals surface area contributed by atoms with E-state index in [1.807, 2.05) is 13.8 Å². The molecular weight excluding hydrogens is 132 g/mol. The first-order valence-corrected chi connectivity index (χ1v) is 4.30. The van der Waals surface area contributed by atoms with Gasteiger partial charge in [0.25, 0.3) is 0 Å². The third-order valence-electron chi connectivity index (χ3n) is 1.49. The third kappa shape index (κ3) is 4.60. The zero-order valence-electron chi connectivity index (χ0n) is 8.02. The van der Waals surface area contributed by atoms with Gasteiger partial charge in [0.2, 0.25) is 0 Å². The van der Waals surface area contributed by atoms with Crippen molar-refractivity contribution >= 4 is 0 Å². The Hall–Kier alpha value is -0.780. The van der Waals surface area contributed by atoms with Gasteiger partial charge in [-0.05, 0) is 20.3 Å². The lowest BCUT2D eigenvalue weighted by atomic mass is 10.2. The van der Waals surface area contributed by atoms with Gasteiger partial charge in [0, 0.05) is 0 Å². The number of rotatable bonds is 0. The van der Waals surface area contributed by atoms with Gasteiger partial charge in [0.1, 0.15) is 0 Å². The van der Waals surface area contributed by atoms with Crippen LogP contribution in [0.1, 0.15) is 34.1 Å². The Morgan fingerprint density at radius 2 is 1.27 bits per heavy atom. The summed E-state index contributed by atoms with van der Waals surface area (Å²) < 4.78 is 0. The summed E-state index contributed by atoms with van der Waals surface area (Å²) in [5, 5.41) is 0. The summed E-state index contributed by atoms with van der Waals surface area (Å²) >= 11 is 0. The van der Waals surface area contributed by atoms with Crippen LogP contribution in [0.2, 0.25) is 0 Å². The zero-order valence-corrected chi connectivity index (χ0v) is 8.02. The minimum Gasteiger partial charge on any atom is -0.0778 e. The Morgan fingerprint density at radius 3 is 1.64 bits per heavy atom. The molecule has 1 aliphatic rings. The van der Waals surface area contributed by atoms with Gasteiger partial charge in [-0.3, -0.25) is 0 Å². The second-order valence-electron chi connectivity index (χ2n) is 2.47. The van der Waals surface area contributed by atoms with Crippen LogP contribution in [-0.4, -0.2) is 0 Å². The molecule has 11 heavy (non-hydrogen) atoms. The van der Waals surface area contributed by atoms with Crippen LogP contribution in [0.5, 0.6) is 0 Å². The summed E-state index contributed by atoms with van der Waals surface area (Å²) in [6, 6.07) is 0. The molecule has 0 atom stereocenters. The van der Waals surface area contributed by atoms with E-state index in [-0.39, 0.29) is 0 Å². The highest BCUT2D eigenvalue weighted by Crippen LogP contribution is 2.08. The fourth-order valence-electron chi connectivity index (χ4n) is 0.830. The minimum atomic E-state index is 1.09. The van der Waals surface area contributed by atoms with Gasteiger partial charge in [0.05, 0.1) is 0 Å². The van der Waals surface area contributed by atoms with Crippen molar-refractivity contribution in [3.05, 3.63) is 35.5 Å². The molecule has 1 aliphatic carbocycles. The Labute approximate surface area is 70.3 Å². The molecule has 0 unspecified atom stereocenters. The van der Waals surface area contributed by atoms with Crippen LogP contribution in [0, 0.1) is 0 Å². The lowest BCUT2D eigenvalue weighted by Gasteiger charge is -1.83. The molecule has 0 radical (unpaired) electrons. The molecule has 0 saturated heterocycles. The van der Waals surface area contributed by atoms with Crippen molar-refractivity contribution in [3.63, 3.8) is 0 Å². The van der Waals surface area contributed by atoms with E-state index in [4.69, 9.17) is 0 Å². The van der Waals surface area contributed by atoms with Crippen molar-refractivity contribution in [2.75, 3.05) is 0 Å². The predicted molar refractivity (Wildman–Crippen MR) is 52.6 cm³/mol. The first kappa shape index (κ1) is 10.2. The summed E-state index contributed by atoms with van der Waals surface area (Å²) in [6.07, 6.45) is 9.85. The van der Waals surface area contributed by atoms with E-state index in [1.54, 1.807) is 0 Å². The molecule has 0 amide bonds. The molecule has 0 nitrogen and oxygen atoms in total. The van der Waals surface area contributed by atoms with Crippen molar-refractivity contribution in [1.82, 2.24) is 0 Å². The highest BCUT2D eigenvalue weighted by Gasteiger charge is 1.87. The monoisotopic (exact) mass is 150 g/mol. The molecule has 0 saturated carbocycles. The van der Waals surface area contributed by atoms with Crippen molar-refractivity contribution in [3.8, 4) is 0 Å². The third-order valence-corrected chi connectivity index (χ3v) is 1.49. The van der Waals surface area contributed by atoms with Crippen LogP contribution in [0.3, 0.4) is 0 Å². The van der Waals surface area contributed by atoms with Gasteiger partial charge < -0.3 is 0 Å². The average molecular weight is 150 g/mol. The van der Waals surface area contributed by atoms with Crippen LogP contribution in [0.25, 0.3) is 0 Å². The van der Waals surface area contributed by atoms with Crippen LogP contribution < -0.4 is 0 Å². The summed E-state index contributed by atoms with van der Waals surface area (Å²) in [5.74, 6) is 0. The van der Waals surface area contributed by atoms with Gasteiger partial charge in [-0.25, -0.2) is 0 Å². The van der Waals surface area contributed by atoms with Gasteiger partial charge >= 0.3 is 0 Å². The summed E-state index contributed by atoms with van der Waals surface area (Å²) in [7, 11) is 0. The normalized spacial score (nSPS) is 15.6. The largest absolute Gasteiger partial charge is 0.0778 e. The lowest BCUT2D eigenvalue weighted by molar-refractivity contribution is 1.32. The molecule has 1 rings (SSSR count). The molecule has 62 valence electrons. The smallest absolute Gasteiger partial charge is 0.0158 e. The van der Waals surface area contributed by atoms with E-state index < -0.39 is 0 Å². The topological polar surface area (TPSA) is 0 Å². The molecule has 0 aromatic carbocycles. The van der Waals surface area contributed by atoms with Crippen molar-refractivity contribution in [1.29, 1.82) is 0 Å². The highest BCUT2D eigenvalue weighted by atomic mass is 13.9. The van der Waals surface area contributed by atoms with E-state index in [1.165, 1.54) is 11.1 Å². The van der Waals surface area contributed by atoms with Gasteiger partial charge in [0.15, 0.2) is 0 Å². The number of allylic oxidation sites excluding steroid dienone is 6. The Balaban J connectivity index is 0.000000461. The molecule has 0 heterocycles.